The molecule has 0 atom stereocenters. The molecule has 1 fully saturated rings. The summed E-state index contributed by atoms with van der Waals surface area (Å²) in [5.74, 6) is 1.49. The molecule has 1 saturated heterocycles. The van der Waals surface area contributed by atoms with Crippen molar-refractivity contribution in [1.29, 1.82) is 5.26 Å². The Morgan fingerprint density at radius 3 is 2.76 bits per heavy atom. The molecule has 0 amide bonds. The minimum Gasteiger partial charge on any atom is -0.381 e. The monoisotopic (exact) mass is 268 g/mol. The molecule has 1 heterocycles. The van der Waals surface area contributed by atoms with Crippen molar-refractivity contribution in [3.8, 4) is 6.07 Å². The fourth-order valence-electron chi connectivity index (χ4n) is 1.86. The SMILES string of the molecule is N#Cc1ccc(Cl)c(NC2CCS(=O)CC2)c1. The lowest BCUT2D eigenvalue weighted by molar-refractivity contribution is 0.624. The minimum atomic E-state index is -0.656. The molecule has 0 aromatic heterocycles. The van der Waals surface area contributed by atoms with Crippen LogP contribution in [0.25, 0.3) is 0 Å². The predicted octanol–water partition coefficient (Wildman–Crippen LogP) is 2.53. The van der Waals surface area contributed by atoms with E-state index in [4.69, 9.17) is 16.9 Å². The van der Waals surface area contributed by atoms with Crippen molar-refractivity contribution in [2.45, 2.75) is 18.9 Å². The fourth-order valence-corrected chi connectivity index (χ4v) is 3.33. The molecular formula is C12H13ClN2OS. The molecule has 1 N–H and O–H groups in total. The van der Waals surface area contributed by atoms with Gasteiger partial charge in [-0.25, -0.2) is 0 Å². The maximum atomic E-state index is 11.2. The first kappa shape index (κ1) is 12.4. The van der Waals surface area contributed by atoms with Crippen molar-refractivity contribution >= 4 is 28.1 Å². The van der Waals surface area contributed by atoms with Gasteiger partial charge in [0.25, 0.3) is 0 Å². The van der Waals surface area contributed by atoms with Crippen LogP contribution in [-0.4, -0.2) is 21.8 Å². The Bertz CT molecular complexity index is 474. The van der Waals surface area contributed by atoms with E-state index in [1.165, 1.54) is 0 Å². The summed E-state index contributed by atoms with van der Waals surface area (Å²) in [6.07, 6.45) is 1.78. The first-order chi connectivity index (χ1) is 8.19. The van der Waals surface area contributed by atoms with Gasteiger partial charge in [0.05, 0.1) is 22.3 Å². The predicted molar refractivity (Wildman–Crippen MR) is 70.7 cm³/mol. The minimum absolute atomic E-state index is 0.305. The van der Waals surface area contributed by atoms with Crippen molar-refractivity contribution in [1.82, 2.24) is 0 Å². The van der Waals surface area contributed by atoms with E-state index in [-0.39, 0.29) is 0 Å². The molecule has 0 unspecified atom stereocenters. The van der Waals surface area contributed by atoms with Crippen LogP contribution in [0.2, 0.25) is 5.02 Å². The first-order valence-corrected chi connectivity index (χ1v) is 7.37. The summed E-state index contributed by atoms with van der Waals surface area (Å²) in [5, 5.41) is 12.8. The molecule has 5 heteroatoms. The topological polar surface area (TPSA) is 52.9 Å². The summed E-state index contributed by atoms with van der Waals surface area (Å²) >= 11 is 6.07. The number of hydrogen-bond donors (Lipinski definition) is 1. The van der Waals surface area contributed by atoms with Crippen molar-refractivity contribution in [3.63, 3.8) is 0 Å². The second kappa shape index (κ2) is 5.52. The van der Waals surface area contributed by atoms with Crippen molar-refractivity contribution in [3.05, 3.63) is 28.8 Å². The summed E-state index contributed by atoms with van der Waals surface area (Å²) in [5.41, 5.74) is 1.39. The van der Waals surface area contributed by atoms with E-state index in [9.17, 15) is 4.21 Å². The van der Waals surface area contributed by atoms with Crippen LogP contribution in [-0.2, 0) is 10.8 Å². The molecule has 0 bridgehead atoms. The molecule has 17 heavy (non-hydrogen) atoms. The number of nitriles is 1. The van der Waals surface area contributed by atoms with Crippen LogP contribution in [0.15, 0.2) is 18.2 Å². The molecule has 1 aliphatic rings. The van der Waals surface area contributed by atoms with Gasteiger partial charge in [-0.1, -0.05) is 11.6 Å². The van der Waals surface area contributed by atoms with Gasteiger partial charge in [0.1, 0.15) is 0 Å². The molecule has 1 aromatic carbocycles. The number of anilines is 1. The molecule has 1 aliphatic heterocycles. The summed E-state index contributed by atoms with van der Waals surface area (Å²) in [6.45, 7) is 0. The molecule has 0 radical (unpaired) electrons. The van der Waals surface area contributed by atoms with E-state index < -0.39 is 10.8 Å². The highest BCUT2D eigenvalue weighted by molar-refractivity contribution is 7.85. The highest BCUT2D eigenvalue weighted by Crippen LogP contribution is 2.25. The zero-order valence-corrected chi connectivity index (χ0v) is 10.9. The highest BCUT2D eigenvalue weighted by atomic mass is 35.5. The molecule has 1 aromatic rings. The number of benzene rings is 1. The number of hydrogen-bond acceptors (Lipinski definition) is 3. The second-order valence-electron chi connectivity index (χ2n) is 4.07. The van der Waals surface area contributed by atoms with Gasteiger partial charge in [0.2, 0.25) is 0 Å². The van der Waals surface area contributed by atoms with E-state index in [1.807, 2.05) is 0 Å². The third-order valence-corrected chi connectivity index (χ3v) is 4.55. The second-order valence-corrected chi connectivity index (χ2v) is 6.18. The molecule has 0 aliphatic carbocycles. The summed E-state index contributed by atoms with van der Waals surface area (Å²) in [6, 6.07) is 7.58. The van der Waals surface area contributed by atoms with E-state index in [2.05, 4.69) is 11.4 Å². The van der Waals surface area contributed by atoms with Crippen LogP contribution >= 0.6 is 11.6 Å². The first-order valence-electron chi connectivity index (χ1n) is 5.50. The maximum Gasteiger partial charge on any atom is 0.0992 e. The summed E-state index contributed by atoms with van der Waals surface area (Å²) < 4.78 is 11.2. The number of nitrogens with one attached hydrogen (secondary N) is 1. The molecule has 0 saturated carbocycles. The lowest BCUT2D eigenvalue weighted by Crippen LogP contribution is -2.29. The normalized spacial score (nSPS) is 24.0. The standard InChI is InChI=1S/C12H13ClN2OS/c13-11-2-1-9(8-14)7-12(11)15-10-3-5-17(16)6-4-10/h1-2,7,10,15H,3-6H2. The van der Waals surface area contributed by atoms with E-state index in [0.29, 0.717) is 16.6 Å². The van der Waals surface area contributed by atoms with Crippen molar-refractivity contribution < 1.29 is 4.21 Å². The third kappa shape index (κ3) is 3.21. The molecule has 90 valence electrons. The van der Waals surface area contributed by atoms with E-state index in [1.54, 1.807) is 18.2 Å². The Morgan fingerprint density at radius 1 is 1.41 bits per heavy atom. The van der Waals surface area contributed by atoms with Crippen LogP contribution in [0.5, 0.6) is 0 Å². The quantitative estimate of drug-likeness (QED) is 0.897. The lowest BCUT2D eigenvalue weighted by Gasteiger charge is -2.24. The Morgan fingerprint density at radius 2 is 2.12 bits per heavy atom. The van der Waals surface area contributed by atoms with Gasteiger partial charge >= 0.3 is 0 Å². The fraction of sp³-hybridized carbons (Fsp3) is 0.417. The smallest absolute Gasteiger partial charge is 0.0992 e. The maximum absolute atomic E-state index is 11.2. The van der Waals surface area contributed by atoms with Crippen molar-refractivity contribution in [2.75, 3.05) is 16.8 Å². The zero-order chi connectivity index (χ0) is 12.3. The number of nitrogens with zero attached hydrogens (tertiary/aromatic N) is 1. The Balaban J connectivity index is 2.08. The average Bonchev–Trinajstić information content (AvgIpc) is 2.35. The van der Waals surface area contributed by atoms with Crippen LogP contribution in [0.4, 0.5) is 5.69 Å². The van der Waals surface area contributed by atoms with Gasteiger partial charge in [-0.3, -0.25) is 4.21 Å². The van der Waals surface area contributed by atoms with E-state index >= 15 is 0 Å². The lowest BCUT2D eigenvalue weighted by atomic mass is 10.1. The Kier molecular flexibility index (Phi) is 4.03. The van der Waals surface area contributed by atoms with Crippen LogP contribution in [0.1, 0.15) is 18.4 Å². The van der Waals surface area contributed by atoms with Gasteiger partial charge < -0.3 is 5.32 Å². The zero-order valence-electron chi connectivity index (χ0n) is 9.28. The summed E-state index contributed by atoms with van der Waals surface area (Å²) in [4.78, 5) is 0. The number of rotatable bonds is 2. The third-order valence-electron chi connectivity index (χ3n) is 2.84. The molecule has 0 spiro atoms. The summed E-state index contributed by atoms with van der Waals surface area (Å²) in [7, 11) is -0.656. The van der Waals surface area contributed by atoms with Gasteiger partial charge in [-0.05, 0) is 31.0 Å². The molecule has 3 nitrogen and oxygen atoms in total. The average molecular weight is 269 g/mol. The van der Waals surface area contributed by atoms with Crippen LogP contribution in [0.3, 0.4) is 0 Å². The largest absolute Gasteiger partial charge is 0.381 e. The molecule has 2 rings (SSSR count). The van der Waals surface area contributed by atoms with Crippen molar-refractivity contribution in [2.24, 2.45) is 0 Å². The van der Waals surface area contributed by atoms with Gasteiger partial charge in [0, 0.05) is 28.3 Å². The Hall–Kier alpha value is -1.05. The van der Waals surface area contributed by atoms with Gasteiger partial charge in [-0.15, -0.1) is 0 Å². The Labute approximate surface area is 108 Å². The molecular weight excluding hydrogens is 256 g/mol. The van der Waals surface area contributed by atoms with Gasteiger partial charge in [-0.2, -0.15) is 5.26 Å². The van der Waals surface area contributed by atoms with E-state index in [0.717, 1.165) is 30.0 Å². The highest BCUT2D eigenvalue weighted by Gasteiger charge is 2.18. The van der Waals surface area contributed by atoms with Crippen LogP contribution < -0.4 is 5.32 Å². The van der Waals surface area contributed by atoms with Gasteiger partial charge in [0.15, 0.2) is 0 Å². The van der Waals surface area contributed by atoms with Crippen LogP contribution in [0, 0.1) is 11.3 Å². The number of halogens is 1.